The largest absolute Gasteiger partial charge is 0.328 e. The molecule has 22 heavy (non-hydrogen) atoms. The number of amides is 1. The highest BCUT2D eigenvalue weighted by Crippen LogP contribution is 2.25. The van der Waals surface area contributed by atoms with E-state index in [1.807, 2.05) is 24.3 Å². The average Bonchev–Trinajstić information content (AvgIpc) is 2.89. The summed E-state index contributed by atoms with van der Waals surface area (Å²) in [4.78, 5) is 18.8. The van der Waals surface area contributed by atoms with Crippen molar-refractivity contribution < 1.29 is 4.79 Å². The third-order valence-corrected chi connectivity index (χ3v) is 5.14. The minimum absolute atomic E-state index is 0.00406. The molecule has 1 amide bonds. The van der Waals surface area contributed by atoms with Gasteiger partial charge in [-0.05, 0) is 44.4 Å². The fourth-order valence-corrected chi connectivity index (χ4v) is 3.83. The van der Waals surface area contributed by atoms with Crippen molar-refractivity contribution in [3.63, 3.8) is 0 Å². The molecule has 1 saturated heterocycles. The molecule has 2 heterocycles. The number of rotatable bonds is 4. The Labute approximate surface area is 134 Å². The molecule has 3 rings (SSSR count). The van der Waals surface area contributed by atoms with Gasteiger partial charge in [-0.3, -0.25) is 9.69 Å². The summed E-state index contributed by atoms with van der Waals surface area (Å²) in [5.74, 6) is 0.494. The number of thiazole rings is 1. The number of carbonyl (C=O) groups excluding carboxylic acids is 1. The molecular formula is C16H22N4OS. The number of fused-ring (bicyclic) bond motifs is 1. The van der Waals surface area contributed by atoms with Crippen LogP contribution in [0, 0.1) is 5.92 Å². The smallest absolute Gasteiger partial charge is 0.240 e. The van der Waals surface area contributed by atoms with E-state index in [-0.39, 0.29) is 11.9 Å². The van der Waals surface area contributed by atoms with E-state index in [0.717, 1.165) is 36.1 Å². The number of anilines is 1. The summed E-state index contributed by atoms with van der Waals surface area (Å²) in [6, 6.07) is 8.10. The van der Waals surface area contributed by atoms with Gasteiger partial charge in [0.2, 0.25) is 5.91 Å². The summed E-state index contributed by atoms with van der Waals surface area (Å²) in [7, 11) is 0. The van der Waals surface area contributed by atoms with E-state index >= 15 is 0 Å². The molecule has 0 saturated carbocycles. The quantitative estimate of drug-likeness (QED) is 0.907. The van der Waals surface area contributed by atoms with Crippen molar-refractivity contribution in [1.29, 1.82) is 0 Å². The van der Waals surface area contributed by atoms with Crippen molar-refractivity contribution >= 4 is 32.6 Å². The van der Waals surface area contributed by atoms with Gasteiger partial charge >= 0.3 is 0 Å². The molecular weight excluding hydrogens is 296 g/mol. The predicted octanol–water partition coefficient (Wildman–Crippen LogP) is 2.29. The minimum Gasteiger partial charge on any atom is -0.328 e. The van der Waals surface area contributed by atoms with Crippen LogP contribution in [0.5, 0.6) is 0 Å². The first-order chi connectivity index (χ1) is 10.6. The van der Waals surface area contributed by atoms with Gasteiger partial charge in [-0.1, -0.05) is 23.5 Å². The molecule has 1 aliphatic rings. The average molecular weight is 318 g/mol. The molecule has 0 bridgehead atoms. The number of carbonyl (C=O) groups is 1. The van der Waals surface area contributed by atoms with Crippen LogP contribution < -0.4 is 11.1 Å². The molecule has 2 atom stereocenters. The zero-order valence-electron chi connectivity index (χ0n) is 12.8. The first kappa shape index (κ1) is 15.4. The lowest BCUT2D eigenvalue weighted by Crippen LogP contribution is -2.45. The van der Waals surface area contributed by atoms with E-state index in [1.54, 1.807) is 0 Å². The molecule has 2 aromatic rings. The zero-order chi connectivity index (χ0) is 15.5. The molecule has 2 unspecified atom stereocenters. The molecule has 0 radical (unpaired) electrons. The minimum atomic E-state index is 0.00406. The van der Waals surface area contributed by atoms with Crippen LogP contribution in [0.4, 0.5) is 5.13 Å². The van der Waals surface area contributed by atoms with Gasteiger partial charge in [0, 0.05) is 12.6 Å². The van der Waals surface area contributed by atoms with Crippen molar-refractivity contribution in [2.75, 3.05) is 25.0 Å². The van der Waals surface area contributed by atoms with Gasteiger partial charge in [0.25, 0.3) is 0 Å². The van der Waals surface area contributed by atoms with Crippen molar-refractivity contribution in [2.45, 2.75) is 25.8 Å². The van der Waals surface area contributed by atoms with Gasteiger partial charge in [0.05, 0.1) is 16.8 Å². The second-order valence-electron chi connectivity index (χ2n) is 6.03. The molecule has 1 aliphatic heterocycles. The molecule has 5 nitrogen and oxygen atoms in total. The van der Waals surface area contributed by atoms with Crippen LogP contribution in [-0.4, -0.2) is 41.5 Å². The van der Waals surface area contributed by atoms with Crippen LogP contribution in [-0.2, 0) is 4.79 Å². The summed E-state index contributed by atoms with van der Waals surface area (Å²) >= 11 is 1.51. The number of nitrogens with one attached hydrogen (secondary N) is 1. The number of likely N-dealkylation sites (tertiary alicyclic amines) is 1. The number of nitrogens with zero attached hydrogens (tertiary/aromatic N) is 2. The maximum absolute atomic E-state index is 12.2. The Bertz CT molecular complexity index is 621. The summed E-state index contributed by atoms with van der Waals surface area (Å²) in [5, 5.41) is 3.59. The van der Waals surface area contributed by atoms with Crippen molar-refractivity contribution in [2.24, 2.45) is 11.7 Å². The van der Waals surface area contributed by atoms with Crippen LogP contribution in [0.3, 0.4) is 0 Å². The van der Waals surface area contributed by atoms with Gasteiger partial charge < -0.3 is 11.1 Å². The highest BCUT2D eigenvalue weighted by molar-refractivity contribution is 7.22. The SMILES string of the molecule is CC(N)C1CCCN(CC(=O)Nc2nc3ccccc3s2)C1. The molecule has 118 valence electrons. The Morgan fingerprint density at radius 3 is 3.14 bits per heavy atom. The lowest BCUT2D eigenvalue weighted by molar-refractivity contribution is -0.117. The van der Waals surface area contributed by atoms with Gasteiger partial charge in [0.15, 0.2) is 5.13 Å². The van der Waals surface area contributed by atoms with E-state index in [0.29, 0.717) is 17.6 Å². The van der Waals surface area contributed by atoms with E-state index in [9.17, 15) is 4.79 Å². The number of hydrogen-bond acceptors (Lipinski definition) is 5. The Hall–Kier alpha value is -1.50. The van der Waals surface area contributed by atoms with E-state index < -0.39 is 0 Å². The highest BCUT2D eigenvalue weighted by atomic mass is 32.1. The fraction of sp³-hybridized carbons (Fsp3) is 0.500. The van der Waals surface area contributed by atoms with Crippen molar-refractivity contribution in [3.05, 3.63) is 24.3 Å². The summed E-state index contributed by atoms with van der Waals surface area (Å²) < 4.78 is 1.09. The molecule has 1 aromatic heterocycles. The van der Waals surface area contributed by atoms with Gasteiger partial charge in [-0.2, -0.15) is 0 Å². The normalized spacial score (nSPS) is 20.9. The Kier molecular flexibility index (Phi) is 4.71. The lowest BCUT2D eigenvalue weighted by atomic mass is 9.92. The Morgan fingerprint density at radius 1 is 1.55 bits per heavy atom. The standard InChI is InChI=1S/C16H22N4OS/c1-11(17)12-5-4-8-20(9-12)10-15(21)19-16-18-13-6-2-3-7-14(13)22-16/h2-3,6-7,11-12H,4-5,8-10,17H2,1H3,(H,18,19,21). The summed E-state index contributed by atoms with van der Waals surface area (Å²) in [6.07, 6.45) is 2.27. The maximum atomic E-state index is 12.2. The molecule has 0 aliphatic carbocycles. The molecule has 1 aromatic carbocycles. The first-order valence-corrected chi connectivity index (χ1v) is 8.57. The number of para-hydroxylation sites is 1. The second-order valence-corrected chi connectivity index (χ2v) is 7.06. The Morgan fingerprint density at radius 2 is 2.36 bits per heavy atom. The predicted molar refractivity (Wildman–Crippen MR) is 91.1 cm³/mol. The molecule has 6 heteroatoms. The van der Waals surface area contributed by atoms with Crippen molar-refractivity contribution in [3.8, 4) is 0 Å². The maximum Gasteiger partial charge on any atom is 0.240 e. The van der Waals surface area contributed by atoms with Crippen LogP contribution in [0.25, 0.3) is 10.2 Å². The van der Waals surface area contributed by atoms with Gasteiger partial charge in [-0.15, -0.1) is 0 Å². The lowest BCUT2D eigenvalue weighted by Gasteiger charge is -2.34. The fourth-order valence-electron chi connectivity index (χ4n) is 2.95. The monoisotopic (exact) mass is 318 g/mol. The van der Waals surface area contributed by atoms with E-state index in [1.165, 1.54) is 11.3 Å². The van der Waals surface area contributed by atoms with Gasteiger partial charge in [0.1, 0.15) is 0 Å². The van der Waals surface area contributed by atoms with E-state index in [4.69, 9.17) is 5.73 Å². The Balaban J connectivity index is 1.58. The molecule has 0 spiro atoms. The molecule has 1 fully saturated rings. The van der Waals surface area contributed by atoms with Crippen LogP contribution >= 0.6 is 11.3 Å². The first-order valence-electron chi connectivity index (χ1n) is 7.75. The number of piperidine rings is 1. The van der Waals surface area contributed by atoms with Crippen molar-refractivity contribution in [1.82, 2.24) is 9.88 Å². The van der Waals surface area contributed by atoms with Crippen LogP contribution in [0.1, 0.15) is 19.8 Å². The third-order valence-electron chi connectivity index (χ3n) is 4.19. The van der Waals surface area contributed by atoms with E-state index in [2.05, 4.69) is 22.1 Å². The van der Waals surface area contributed by atoms with Gasteiger partial charge in [-0.25, -0.2) is 4.98 Å². The zero-order valence-corrected chi connectivity index (χ0v) is 13.6. The second kappa shape index (κ2) is 6.73. The third kappa shape index (κ3) is 3.63. The number of benzene rings is 1. The van der Waals surface area contributed by atoms with Crippen LogP contribution in [0.2, 0.25) is 0 Å². The number of hydrogen-bond donors (Lipinski definition) is 2. The van der Waals surface area contributed by atoms with Crippen LogP contribution in [0.15, 0.2) is 24.3 Å². The summed E-state index contributed by atoms with van der Waals surface area (Å²) in [5.41, 5.74) is 6.92. The molecule has 3 N–H and O–H groups in total. The summed E-state index contributed by atoms with van der Waals surface area (Å²) in [6.45, 7) is 4.34. The highest BCUT2D eigenvalue weighted by Gasteiger charge is 2.24. The number of nitrogens with two attached hydrogens (primary N) is 1. The number of aromatic nitrogens is 1. The topological polar surface area (TPSA) is 71.2 Å².